The van der Waals surface area contributed by atoms with Crippen LogP contribution in [0.3, 0.4) is 0 Å². The van der Waals surface area contributed by atoms with E-state index in [2.05, 4.69) is 0 Å². The van der Waals surface area contributed by atoms with Crippen molar-refractivity contribution < 1.29 is 23.5 Å². The van der Waals surface area contributed by atoms with Gasteiger partial charge in [-0.15, -0.1) is 11.3 Å². The lowest BCUT2D eigenvalue weighted by molar-refractivity contribution is -0.146. The molecule has 0 unspecified atom stereocenters. The molecule has 0 radical (unpaired) electrons. The van der Waals surface area contributed by atoms with Crippen LogP contribution in [-0.4, -0.2) is 48.7 Å². The first-order chi connectivity index (χ1) is 11.4. The van der Waals surface area contributed by atoms with Crippen LogP contribution in [0, 0.1) is 5.82 Å². The summed E-state index contributed by atoms with van der Waals surface area (Å²) >= 11 is 1.22. The van der Waals surface area contributed by atoms with Crippen molar-refractivity contribution in [1.29, 1.82) is 0 Å². The van der Waals surface area contributed by atoms with Gasteiger partial charge in [-0.1, -0.05) is 0 Å². The molecule has 1 aromatic carbocycles. The Morgan fingerprint density at radius 2 is 2.00 bits per heavy atom. The van der Waals surface area contributed by atoms with Crippen LogP contribution in [0.2, 0.25) is 0 Å². The van der Waals surface area contributed by atoms with Crippen molar-refractivity contribution in [2.75, 3.05) is 19.7 Å². The highest BCUT2D eigenvalue weighted by molar-refractivity contribution is 7.20. The molecular formula is C17H18FNO4S. The third-order valence-electron chi connectivity index (χ3n) is 3.78. The minimum atomic E-state index is -0.570. The lowest BCUT2D eigenvalue weighted by atomic mass is 10.2. The van der Waals surface area contributed by atoms with E-state index in [1.54, 1.807) is 17.0 Å². The molecule has 7 heteroatoms. The molecule has 2 atom stereocenters. The van der Waals surface area contributed by atoms with Gasteiger partial charge in [-0.2, -0.15) is 0 Å². The maximum atomic E-state index is 13.2. The van der Waals surface area contributed by atoms with Crippen molar-refractivity contribution in [3.05, 3.63) is 35.0 Å². The Bertz CT molecular complexity index is 765. The Kier molecular flexibility index (Phi) is 4.82. The number of esters is 1. The summed E-state index contributed by atoms with van der Waals surface area (Å²) in [5.41, 5.74) is 0. The summed E-state index contributed by atoms with van der Waals surface area (Å²) in [7, 11) is 0. The fourth-order valence-corrected chi connectivity index (χ4v) is 3.72. The molecule has 0 N–H and O–H groups in total. The molecule has 1 amide bonds. The number of carbonyl (C=O) groups is 2. The number of amides is 1. The van der Waals surface area contributed by atoms with Crippen molar-refractivity contribution in [2.45, 2.75) is 26.1 Å². The smallest absolute Gasteiger partial charge is 0.348 e. The largest absolute Gasteiger partial charge is 0.451 e. The Morgan fingerprint density at radius 1 is 1.29 bits per heavy atom. The van der Waals surface area contributed by atoms with E-state index in [-0.39, 0.29) is 30.5 Å². The van der Waals surface area contributed by atoms with E-state index in [1.807, 2.05) is 13.8 Å². The van der Waals surface area contributed by atoms with Gasteiger partial charge in [-0.05, 0) is 43.5 Å². The highest BCUT2D eigenvalue weighted by Crippen LogP contribution is 2.26. The van der Waals surface area contributed by atoms with Gasteiger partial charge in [-0.3, -0.25) is 4.79 Å². The number of hydrogen-bond donors (Lipinski definition) is 0. The predicted molar refractivity (Wildman–Crippen MR) is 88.7 cm³/mol. The summed E-state index contributed by atoms with van der Waals surface area (Å²) in [6.45, 7) is 4.48. The molecule has 2 aromatic rings. The van der Waals surface area contributed by atoms with Gasteiger partial charge in [0.1, 0.15) is 10.7 Å². The van der Waals surface area contributed by atoms with Gasteiger partial charge < -0.3 is 14.4 Å². The van der Waals surface area contributed by atoms with Gasteiger partial charge in [0.15, 0.2) is 6.61 Å². The summed E-state index contributed by atoms with van der Waals surface area (Å²) in [6.07, 6.45) is -0.0724. The highest BCUT2D eigenvalue weighted by atomic mass is 32.1. The first-order valence-electron chi connectivity index (χ1n) is 7.72. The second-order valence-electron chi connectivity index (χ2n) is 5.92. The zero-order chi connectivity index (χ0) is 17.3. The third-order valence-corrected chi connectivity index (χ3v) is 4.87. The Morgan fingerprint density at radius 3 is 2.71 bits per heavy atom. The molecule has 0 bridgehead atoms. The zero-order valence-electron chi connectivity index (χ0n) is 13.5. The van der Waals surface area contributed by atoms with Crippen LogP contribution in [0.1, 0.15) is 23.5 Å². The minimum Gasteiger partial charge on any atom is -0.451 e. The third kappa shape index (κ3) is 3.73. The monoisotopic (exact) mass is 351 g/mol. The lowest BCUT2D eigenvalue weighted by Gasteiger charge is -2.35. The fourth-order valence-electron chi connectivity index (χ4n) is 2.79. The number of ether oxygens (including phenoxy) is 2. The number of halogens is 1. The van der Waals surface area contributed by atoms with Crippen LogP contribution in [0.15, 0.2) is 24.3 Å². The molecule has 0 spiro atoms. The molecule has 2 heterocycles. The topological polar surface area (TPSA) is 55.8 Å². The number of morpholine rings is 1. The molecule has 0 aliphatic carbocycles. The Labute approximate surface area is 143 Å². The molecule has 24 heavy (non-hydrogen) atoms. The SMILES string of the molecule is C[C@@H]1CN(C(=O)COC(=O)c2cc3cc(F)ccc3s2)C[C@@H](C)O1. The van der Waals surface area contributed by atoms with Crippen LogP contribution in [0.5, 0.6) is 0 Å². The van der Waals surface area contributed by atoms with Crippen molar-refractivity contribution in [3.8, 4) is 0 Å². The molecule has 1 fully saturated rings. The number of hydrogen-bond acceptors (Lipinski definition) is 5. The number of benzene rings is 1. The highest BCUT2D eigenvalue weighted by Gasteiger charge is 2.26. The van der Waals surface area contributed by atoms with Gasteiger partial charge in [0.25, 0.3) is 5.91 Å². The minimum absolute atomic E-state index is 0.0362. The van der Waals surface area contributed by atoms with E-state index in [4.69, 9.17) is 9.47 Å². The van der Waals surface area contributed by atoms with Gasteiger partial charge in [0.05, 0.1) is 12.2 Å². The summed E-state index contributed by atoms with van der Waals surface area (Å²) < 4.78 is 24.7. The summed E-state index contributed by atoms with van der Waals surface area (Å²) in [4.78, 5) is 26.3. The van der Waals surface area contributed by atoms with Crippen LogP contribution >= 0.6 is 11.3 Å². The molecular weight excluding hydrogens is 333 g/mol. The van der Waals surface area contributed by atoms with Gasteiger partial charge in [0.2, 0.25) is 0 Å². The van der Waals surface area contributed by atoms with Crippen molar-refractivity contribution in [2.24, 2.45) is 0 Å². The molecule has 3 rings (SSSR count). The van der Waals surface area contributed by atoms with Crippen molar-refractivity contribution in [3.63, 3.8) is 0 Å². The second kappa shape index (κ2) is 6.86. The first-order valence-corrected chi connectivity index (χ1v) is 8.53. The molecule has 0 saturated carbocycles. The van der Waals surface area contributed by atoms with Gasteiger partial charge in [-0.25, -0.2) is 9.18 Å². The van der Waals surface area contributed by atoms with Crippen LogP contribution in [0.4, 0.5) is 4.39 Å². The Hall–Kier alpha value is -1.99. The molecule has 128 valence electrons. The van der Waals surface area contributed by atoms with Crippen LogP contribution in [0.25, 0.3) is 10.1 Å². The molecule has 1 aliphatic heterocycles. The number of rotatable bonds is 3. The number of thiophene rings is 1. The molecule has 1 aliphatic rings. The van der Waals surface area contributed by atoms with E-state index in [9.17, 15) is 14.0 Å². The summed E-state index contributed by atoms with van der Waals surface area (Å²) in [6, 6.07) is 5.91. The average Bonchev–Trinajstić information content (AvgIpc) is 2.94. The van der Waals surface area contributed by atoms with E-state index < -0.39 is 5.97 Å². The van der Waals surface area contributed by atoms with Crippen molar-refractivity contribution in [1.82, 2.24) is 4.90 Å². The maximum Gasteiger partial charge on any atom is 0.348 e. The maximum absolute atomic E-state index is 13.2. The second-order valence-corrected chi connectivity index (χ2v) is 7.01. The molecule has 1 saturated heterocycles. The quantitative estimate of drug-likeness (QED) is 0.798. The number of nitrogens with zero attached hydrogens (tertiary/aromatic N) is 1. The zero-order valence-corrected chi connectivity index (χ0v) is 14.3. The summed E-state index contributed by atoms with van der Waals surface area (Å²) in [5.74, 6) is -1.16. The van der Waals surface area contributed by atoms with E-state index >= 15 is 0 Å². The Balaban J connectivity index is 1.60. The molecule has 5 nitrogen and oxygen atoms in total. The van der Waals surface area contributed by atoms with Gasteiger partial charge >= 0.3 is 5.97 Å². The lowest BCUT2D eigenvalue weighted by Crippen LogP contribution is -2.49. The van der Waals surface area contributed by atoms with E-state index in [1.165, 1.54) is 23.5 Å². The standard InChI is InChI=1S/C17H18FNO4S/c1-10-7-19(8-11(2)23-10)16(20)9-22-17(21)15-6-12-5-13(18)3-4-14(12)24-15/h3-6,10-11H,7-9H2,1-2H3/t10-,11-/m1/s1. The first kappa shape index (κ1) is 16.9. The van der Waals surface area contributed by atoms with E-state index in [0.717, 1.165) is 4.70 Å². The molecule has 1 aromatic heterocycles. The van der Waals surface area contributed by atoms with Crippen molar-refractivity contribution >= 4 is 33.3 Å². The average molecular weight is 351 g/mol. The fraction of sp³-hybridized carbons (Fsp3) is 0.412. The predicted octanol–water partition coefficient (Wildman–Crippen LogP) is 2.83. The summed E-state index contributed by atoms with van der Waals surface area (Å²) in [5, 5.41) is 0.647. The number of fused-ring (bicyclic) bond motifs is 1. The van der Waals surface area contributed by atoms with Crippen LogP contribution in [-0.2, 0) is 14.3 Å². The normalized spacial score (nSPS) is 21.0. The number of carbonyl (C=O) groups excluding carboxylic acids is 2. The van der Waals surface area contributed by atoms with E-state index in [0.29, 0.717) is 23.4 Å². The van der Waals surface area contributed by atoms with Gasteiger partial charge in [0, 0.05) is 17.8 Å². The van der Waals surface area contributed by atoms with Crippen LogP contribution < -0.4 is 0 Å².